The summed E-state index contributed by atoms with van der Waals surface area (Å²) in [5.41, 5.74) is 5.92. The van der Waals surface area contributed by atoms with E-state index in [0.29, 0.717) is 18.9 Å². The van der Waals surface area contributed by atoms with Gasteiger partial charge in [0, 0.05) is 13.0 Å². The summed E-state index contributed by atoms with van der Waals surface area (Å²) in [6.45, 7) is 8.30. The van der Waals surface area contributed by atoms with Crippen LogP contribution in [0.1, 0.15) is 72.1 Å². The molecule has 0 aromatic carbocycles. The molecule has 3 nitrogen and oxygen atoms in total. The van der Waals surface area contributed by atoms with Crippen LogP contribution in [0, 0.1) is 17.3 Å². The summed E-state index contributed by atoms with van der Waals surface area (Å²) in [7, 11) is 0. The minimum Gasteiger partial charge on any atom is -0.356 e. The normalized spacial score (nSPS) is 18.2. The zero-order valence-corrected chi connectivity index (χ0v) is 13.7. The van der Waals surface area contributed by atoms with Gasteiger partial charge in [0.1, 0.15) is 0 Å². The summed E-state index contributed by atoms with van der Waals surface area (Å²) in [6, 6.07) is 0. The molecule has 1 rings (SSSR count). The summed E-state index contributed by atoms with van der Waals surface area (Å²) in [5, 5.41) is 3.09. The van der Waals surface area contributed by atoms with Gasteiger partial charge in [-0.3, -0.25) is 4.79 Å². The maximum atomic E-state index is 11.9. The fourth-order valence-corrected chi connectivity index (χ4v) is 3.32. The van der Waals surface area contributed by atoms with Crippen molar-refractivity contribution >= 4 is 5.91 Å². The molecule has 1 aliphatic rings. The molecule has 1 amide bonds. The smallest absolute Gasteiger partial charge is 0.220 e. The van der Waals surface area contributed by atoms with Crippen LogP contribution in [0.15, 0.2) is 0 Å². The largest absolute Gasteiger partial charge is 0.356 e. The van der Waals surface area contributed by atoms with Crippen molar-refractivity contribution in [2.75, 3.05) is 13.1 Å². The molecule has 3 heteroatoms. The number of carbonyl (C=O) groups is 1. The van der Waals surface area contributed by atoms with Crippen molar-refractivity contribution in [1.82, 2.24) is 5.32 Å². The van der Waals surface area contributed by atoms with Gasteiger partial charge >= 0.3 is 0 Å². The van der Waals surface area contributed by atoms with Crippen molar-refractivity contribution in [3.8, 4) is 0 Å². The van der Waals surface area contributed by atoms with Crippen molar-refractivity contribution < 1.29 is 4.79 Å². The highest BCUT2D eigenvalue weighted by Gasteiger charge is 2.24. The Morgan fingerprint density at radius 3 is 2.45 bits per heavy atom. The van der Waals surface area contributed by atoms with Crippen LogP contribution in [0.2, 0.25) is 0 Å². The van der Waals surface area contributed by atoms with Gasteiger partial charge in [-0.05, 0) is 43.1 Å². The Labute approximate surface area is 125 Å². The second-order valence-electron chi connectivity index (χ2n) is 7.47. The van der Waals surface area contributed by atoms with Crippen LogP contribution in [-0.4, -0.2) is 19.0 Å². The lowest BCUT2D eigenvalue weighted by Crippen LogP contribution is -2.29. The first-order valence-corrected chi connectivity index (χ1v) is 8.40. The van der Waals surface area contributed by atoms with Crippen molar-refractivity contribution in [2.45, 2.75) is 72.1 Å². The number of rotatable bonds is 8. The number of amides is 1. The fourth-order valence-electron chi connectivity index (χ4n) is 3.32. The minimum absolute atomic E-state index is 0.217. The molecule has 20 heavy (non-hydrogen) atoms. The standard InChI is InChI=1S/C17H34N2O/c1-17(2,3)15(10-12-18)8-9-16(20)19-13-11-14-6-4-5-7-14/h14-15H,4-13,18H2,1-3H3,(H,19,20). The maximum Gasteiger partial charge on any atom is 0.220 e. The van der Waals surface area contributed by atoms with Crippen LogP contribution in [0.25, 0.3) is 0 Å². The lowest BCUT2D eigenvalue weighted by atomic mass is 9.76. The van der Waals surface area contributed by atoms with Crippen LogP contribution >= 0.6 is 0 Å². The predicted molar refractivity (Wildman–Crippen MR) is 85.4 cm³/mol. The van der Waals surface area contributed by atoms with Gasteiger partial charge in [0.05, 0.1) is 0 Å². The zero-order valence-electron chi connectivity index (χ0n) is 13.7. The zero-order chi connectivity index (χ0) is 15.0. The van der Waals surface area contributed by atoms with E-state index in [1.54, 1.807) is 0 Å². The Kier molecular flexibility index (Phi) is 7.57. The van der Waals surface area contributed by atoms with Crippen molar-refractivity contribution in [1.29, 1.82) is 0 Å². The number of carbonyl (C=O) groups excluding carboxylic acids is 1. The second-order valence-corrected chi connectivity index (χ2v) is 7.47. The third-order valence-electron chi connectivity index (χ3n) is 4.81. The molecule has 1 saturated carbocycles. The van der Waals surface area contributed by atoms with E-state index in [-0.39, 0.29) is 11.3 Å². The van der Waals surface area contributed by atoms with Gasteiger partial charge in [0.15, 0.2) is 0 Å². The van der Waals surface area contributed by atoms with E-state index < -0.39 is 0 Å². The molecule has 3 N–H and O–H groups in total. The second kappa shape index (κ2) is 8.66. The van der Waals surface area contributed by atoms with E-state index in [2.05, 4.69) is 26.1 Å². The molecule has 0 radical (unpaired) electrons. The summed E-state index contributed by atoms with van der Waals surface area (Å²) in [5.74, 6) is 1.61. The van der Waals surface area contributed by atoms with E-state index in [1.165, 1.54) is 25.7 Å². The van der Waals surface area contributed by atoms with E-state index in [0.717, 1.165) is 31.7 Å². The number of hydrogen-bond donors (Lipinski definition) is 2. The maximum absolute atomic E-state index is 11.9. The molecule has 0 heterocycles. The van der Waals surface area contributed by atoms with Crippen molar-refractivity contribution in [3.63, 3.8) is 0 Å². The lowest BCUT2D eigenvalue weighted by Gasteiger charge is -2.30. The highest BCUT2D eigenvalue weighted by atomic mass is 16.1. The highest BCUT2D eigenvalue weighted by Crippen LogP contribution is 2.32. The monoisotopic (exact) mass is 282 g/mol. The highest BCUT2D eigenvalue weighted by molar-refractivity contribution is 5.75. The summed E-state index contributed by atoms with van der Waals surface area (Å²) >= 11 is 0. The molecule has 1 unspecified atom stereocenters. The van der Waals surface area contributed by atoms with Crippen LogP contribution in [-0.2, 0) is 4.79 Å². The first-order valence-electron chi connectivity index (χ1n) is 8.40. The molecule has 0 bridgehead atoms. The topological polar surface area (TPSA) is 55.1 Å². The molecular weight excluding hydrogens is 248 g/mol. The SMILES string of the molecule is CC(C)(C)C(CCN)CCC(=O)NCCC1CCCC1. The predicted octanol–water partition coefficient (Wildman–Crippen LogP) is 3.47. The molecule has 1 atom stereocenters. The first kappa shape index (κ1) is 17.5. The molecular formula is C17H34N2O. The van der Waals surface area contributed by atoms with Gasteiger partial charge in [0.2, 0.25) is 5.91 Å². The van der Waals surface area contributed by atoms with Gasteiger partial charge in [-0.15, -0.1) is 0 Å². The average molecular weight is 282 g/mol. The molecule has 118 valence electrons. The Bertz CT molecular complexity index is 277. The third kappa shape index (κ3) is 6.74. The van der Waals surface area contributed by atoms with E-state index in [4.69, 9.17) is 5.73 Å². The molecule has 1 aliphatic carbocycles. The molecule has 0 aromatic rings. The quantitative estimate of drug-likeness (QED) is 0.716. The molecule has 0 saturated heterocycles. The Hall–Kier alpha value is -0.570. The number of nitrogens with one attached hydrogen (secondary N) is 1. The number of hydrogen-bond acceptors (Lipinski definition) is 2. The van der Waals surface area contributed by atoms with Gasteiger partial charge < -0.3 is 11.1 Å². The Morgan fingerprint density at radius 2 is 1.90 bits per heavy atom. The van der Waals surface area contributed by atoms with Gasteiger partial charge in [-0.1, -0.05) is 46.5 Å². The van der Waals surface area contributed by atoms with Gasteiger partial charge in [0.25, 0.3) is 0 Å². The van der Waals surface area contributed by atoms with Crippen LogP contribution in [0.3, 0.4) is 0 Å². The van der Waals surface area contributed by atoms with E-state index in [9.17, 15) is 4.79 Å². The number of nitrogens with two attached hydrogens (primary N) is 1. The van der Waals surface area contributed by atoms with Crippen molar-refractivity contribution in [3.05, 3.63) is 0 Å². The molecule has 0 spiro atoms. The molecule has 0 aromatic heterocycles. The van der Waals surface area contributed by atoms with Crippen LogP contribution < -0.4 is 11.1 Å². The minimum atomic E-state index is 0.217. The summed E-state index contributed by atoms with van der Waals surface area (Å²) in [4.78, 5) is 11.9. The van der Waals surface area contributed by atoms with Crippen molar-refractivity contribution in [2.24, 2.45) is 23.0 Å². The van der Waals surface area contributed by atoms with E-state index >= 15 is 0 Å². The van der Waals surface area contributed by atoms with Gasteiger partial charge in [-0.2, -0.15) is 0 Å². The van der Waals surface area contributed by atoms with E-state index in [1.807, 2.05) is 0 Å². The van der Waals surface area contributed by atoms with Gasteiger partial charge in [-0.25, -0.2) is 0 Å². The molecule has 1 fully saturated rings. The fraction of sp³-hybridized carbons (Fsp3) is 0.941. The average Bonchev–Trinajstić information content (AvgIpc) is 2.86. The lowest BCUT2D eigenvalue weighted by molar-refractivity contribution is -0.121. The Balaban J connectivity index is 2.16. The van der Waals surface area contributed by atoms with Crippen LogP contribution in [0.4, 0.5) is 0 Å². The Morgan fingerprint density at radius 1 is 1.25 bits per heavy atom. The molecule has 0 aliphatic heterocycles. The first-order chi connectivity index (χ1) is 9.43. The summed E-state index contributed by atoms with van der Waals surface area (Å²) in [6.07, 6.45) is 9.26. The third-order valence-corrected chi connectivity index (χ3v) is 4.81. The van der Waals surface area contributed by atoms with Crippen LogP contribution in [0.5, 0.6) is 0 Å². The summed E-state index contributed by atoms with van der Waals surface area (Å²) < 4.78 is 0.